The van der Waals surface area contributed by atoms with Gasteiger partial charge in [0.05, 0.1) is 33.5 Å². The molecule has 40 heavy (non-hydrogen) atoms. The number of piperidine rings is 3. The molecule has 3 aliphatic rings. The van der Waals surface area contributed by atoms with Crippen LogP contribution in [0.4, 0.5) is 0 Å². The molecule has 3 rings (SSSR count). The molecular weight excluding hydrogens is 516 g/mol. The standard InChI is InChI=1S/C10H22N2O2.2C9H20N2O2/c1-4-12-6-5-9(11-2)7-10(12)8-14-13-3;1-3-11-5-4-8(10)6-9(11)7-13-12-2;1-3-11-5-4-7(10-2)6-8(11)9(12)13/h9-11H,4-8H2,1-3H3;8-9H,3-7,10H2,1-2H3;7-10,12-13H,3-6H2,1-2H3. The second kappa shape index (κ2) is 22.1. The Hall–Kier alpha value is -0.480. The van der Waals surface area contributed by atoms with Gasteiger partial charge in [0.2, 0.25) is 0 Å². The molecule has 0 aromatic carbocycles. The second-order valence-corrected chi connectivity index (χ2v) is 10.9. The third-order valence-electron chi connectivity index (χ3n) is 8.61. The van der Waals surface area contributed by atoms with Crippen molar-refractivity contribution in [2.45, 2.75) is 102 Å². The number of aliphatic hydroxyl groups is 2. The lowest BCUT2D eigenvalue weighted by Crippen LogP contribution is -2.52. The zero-order valence-corrected chi connectivity index (χ0v) is 26.4. The van der Waals surface area contributed by atoms with Gasteiger partial charge >= 0.3 is 0 Å². The van der Waals surface area contributed by atoms with Crippen LogP contribution in [0.25, 0.3) is 0 Å². The van der Waals surface area contributed by atoms with Crippen molar-refractivity contribution in [3.05, 3.63) is 0 Å². The molecule has 6 unspecified atom stereocenters. The minimum atomic E-state index is -1.21. The van der Waals surface area contributed by atoms with E-state index in [1.165, 1.54) is 6.42 Å². The van der Waals surface area contributed by atoms with Crippen molar-refractivity contribution in [2.24, 2.45) is 5.73 Å². The van der Waals surface area contributed by atoms with Gasteiger partial charge in [-0.05, 0) is 85.3 Å². The predicted molar refractivity (Wildman–Crippen MR) is 159 cm³/mol. The van der Waals surface area contributed by atoms with Gasteiger partial charge in [-0.15, -0.1) is 0 Å². The summed E-state index contributed by atoms with van der Waals surface area (Å²) in [7, 11) is 7.06. The number of likely N-dealkylation sites (N-methyl/N-ethyl adjacent to an activating group) is 3. The zero-order valence-electron chi connectivity index (χ0n) is 26.4. The van der Waals surface area contributed by atoms with Gasteiger partial charge < -0.3 is 26.6 Å². The molecular formula is C28H62N6O6. The first-order valence-electron chi connectivity index (χ1n) is 15.3. The molecule has 240 valence electrons. The first-order chi connectivity index (χ1) is 19.3. The van der Waals surface area contributed by atoms with E-state index in [1.54, 1.807) is 14.2 Å². The molecule has 0 saturated carbocycles. The van der Waals surface area contributed by atoms with E-state index in [0.29, 0.717) is 43.4 Å². The number of likely N-dealkylation sites (tertiary alicyclic amines) is 3. The Bertz CT molecular complexity index is 610. The monoisotopic (exact) mass is 578 g/mol. The lowest BCUT2D eigenvalue weighted by atomic mass is 9.97. The van der Waals surface area contributed by atoms with Gasteiger partial charge in [0.1, 0.15) is 0 Å². The number of nitrogens with two attached hydrogens (primary N) is 1. The summed E-state index contributed by atoms with van der Waals surface area (Å²) in [5, 5.41) is 24.9. The highest BCUT2D eigenvalue weighted by Gasteiger charge is 2.31. The summed E-state index contributed by atoms with van der Waals surface area (Å²) in [5.74, 6) is 0. The molecule has 12 nitrogen and oxygen atoms in total. The Kier molecular flexibility index (Phi) is 20.8. The molecule has 0 aromatic rings. The maximum atomic E-state index is 9.18. The van der Waals surface area contributed by atoms with E-state index >= 15 is 0 Å². The highest BCUT2D eigenvalue weighted by atomic mass is 17.2. The summed E-state index contributed by atoms with van der Waals surface area (Å²) >= 11 is 0. The van der Waals surface area contributed by atoms with Crippen LogP contribution in [0.3, 0.4) is 0 Å². The molecule has 3 aliphatic heterocycles. The van der Waals surface area contributed by atoms with Gasteiger partial charge in [-0.3, -0.25) is 14.7 Å². The van der Waals surface area contributed by atoms with Gasteiger partial charge in [-0.2, -0.15) is 0 Å². The Balaban J connectivity index is 0.000000300. The van der Waals surface area contributed by atoms with Crippen molar-refractivity contribution in [3.8, 4) is 0 Å². The van der Waals surface area contributed by atoms with Gasteiger partial charge in [-0.1, -0.05) is 20.8 Å². The van der Waals surface area contributed by atoms with Crippen LogP contribution >= 0.6 is 0 Å². The fourth-order valence-corrected chi connectivity index (χ4v) is 5.98. The molecule has 12 heteroatoms. The van der Waals surface area contributed by atoms with Crippen molar-refractivity contribution in [1.29, 1.82) is 0 Å². The second-order valence-electron chi connectivity index (χ2n) is 10.9. The Morgan fingerprint density at radius 1 is 0.725 bits per heavy atom. The fourth-order valence-electron chi connectivity index (χ4n) is 5.98. The average molecular weight is 579 g/mol. The largest absolute Gasteiger partial charge is 0.367 e. The van der Waals surface area contributed by atoms with Crippen LogP contribution in [0.1, 0.15) is 59.3 Å². The van der Waals surface area contributed by atoms with E-state index in [-0.39, 0.29) is 6.04 Å². The molecule has 0 bridgehead atoms. The van der Waals surface area contributed by atoms with Crippen molar-refractivity contribution >= 4 is 0 Å². The van der Waals surface area contributed by atoms with Crippen LogP contribution in [-0.2, 0) is 19.6 Å². The van der Waals surface area contributed by atoms with Gasteiger partial charge in [-0.25, -0.2) is 19.6 Å². The Morgan fingerprint density at radius 2 is 1.18 bits per heavy atom. The minimum Gasteiger partial charge on any atom is -0.367 e. The van der Waals surface area contributed by atoms with Crippen LogP contribution < -0.4 is 16.4 Å². The smallest absolute Gasteiger partial charge is 0.167 e. The summed E-state index contributed by atoms with van der Waals surface area (Å²) in [5.41, 5.74) is 5.89. The summed E-state index contributed by atoms with van der Waals surface area (Å²) in [6, 6.07) is 2.20. The van der Waals surface area contributed by atoms with Gasteiger partial charge in [0, 0.05) is 36.8 Å². The van der Waals surface area contributed by atoms with Crippen molar-refractivity contribution in [3.63, 3.8) is 0 Å². The Morgan fingerprint density at radius 3 is 1.62 bits per heavy atom. The average Bonchev–Trinajstić information content (AvgIpc) is 2.99. The lowest BCUT2D eigenvalue weighted by molar-refractivity contribution is -0.281. The molecule has 0 aliphatic carbocycles. The van der Waals surface area contributed by atoms with Crippen LogP contribution in [-0.4, -0.2) is 148 Å². The van der Waals surface area contributed by atoms with E-state index < -0.39 is 6.29 Å². The molecule has 6 atom stereocenters. The highest BCUT2D eigenvalue weighted by Crippen LogP contribution is 2.19. The molecule has 0 aromatic heterocycles. The molecule has 3 heterocycles. The summed E-state index contributed by atoms with van der Waals surface area (Å²) in [6.07, 6.45) is 5.18. The molecule has 3 fully saturated rings. The number of rotatable bonds is 12. The van der Waals surface area contributed by atoms with Crippen LogP contribution in [0.15, 0.2) is 0 Å². The predicted octanol–water partition coefficient (Wildman–Crippen LogP) is 0.382. The van der Waals surface area contributed by atoms with Crippen LogP contribution in [0, 0.1) is 0 Å². The van der Waals surface area contributed by atoms with E-state index in [4.69, 9.17) is 15.5 Å². The first kappa shape index (κ1) is 37.5. The molecule has 3 saturated heterocycles. The summed E-state index contributed by atoms with van der Waals surface area (Å²) in [6.45, 7) is 13.9. The Labute approximate surface area is 243 Å². The number of hydrogen-bond donors (Lipinski definition) is 5. The molecule has 0 amide bonds. The van der Waals surface area contributed by atoms with Crippen LogP contribution in [0.5, 0.6) is 0 Å². The minimum absolute atomic E-state index is 0.101. The first-order valence-corrected chi connectivity index (χ1v) is 15.3. The quantitative estimate of drug-likeness (QED) is 0.124. The van der Waals surface area contributed by atoms with Crippen LogP contribution in [0.2, 0.25) is 0 Å². The zero-order chi connectivity index (χ0) is 29.9. The van der Waals surface area contributed by atoms with E-state index in [2.05, 4.69) is 55.9 Å². The van der Waals surface area contributed by atoms with Gasteiger partial charge in [0.15, 0.2) is 6.29 Å². The van der Waals surface area contributed by atoms with Crippen molar-refractivity contribution in [1.82, 2.24) is 25.3 Å². The third kappa shape index (κ3) is 13.7. The summed E-state index contributed by atoms with van der Waals surface area (Å²) in [4.78, 5) is 26.2. The molecule has 0 radical (unpaired) electrons. The topological polar surface area (TPSA) is 137 Å². The number of hydrogen-bond acceptors (Lipinski definition) is 12. The summed E-state index contributed by atoms with van der Waals surface area (Å²) < 4.78 is 0. The van der Waals surface area contributed by atoms with Gasteiger partial charge in [0.25, 0.3) is 0 Å². The fraction of sp³-hybridized carbons (Fsp3) is 1.00. The lowest BCUT2D eigenvalue weighted by Gasteiger charge is -2.39. The maximum Gasteiger partial charge on any atom is 0.167 e. The van der Waals surface area contributed by atoms with E-state index in [0.717, 1.165) is 71.4 Å². The number of aliphatic hydroxyl groups excluding tert-OH is 1. The maximum absolute atomic E-state index is 9.18. The SMILES string of the molecule is CCN1CCC(N)CC1COOC.CCN1CCC(NC)CC1C(O)O.CCN1CCC(NC)CC1COOC. The number of nitrogens with one attached hydrogen (secondary N) is 2. The molecule has 6 N–H and O–H groups in total. The third-order valence-corrected chi connectivity index (χ3v) is 8.61. The number of nitrogens with zero attached hydrogens (tertiary/aromatic N) is 3. The normalized spacial score (nSPS) is 30.4. The van der Waals surface area contributed by atoms with E-state index in [1.807, 2.05) is 14.1 Å². The van der Waals surface area contributed by atoms with E-state index in [9.17, 15) is 10.2 Å². The highest BCUT2D eigenvalue weighted by molar-refractivity contribution is 4.86. The van der Waals surface area contributed by atoms with Crippen molar-refractivity contribution < 1.29 is 29.8 Å². The molecule has 0 spiro atoms. The van der Waals surface area contributed by atoms with Crippen molar-refractivity contribution in [2.75, 3.05) is 80.8 Å².